The molecule has 0 atom stereocenters. The molecule has 0 fully saturated rings. The summed E-state index contributed by atoms with van der Waals surface area (Å²) in [6, 6.07) is 3.98. The molecule has 2 aromatic heterocycles. The van der Waals surface area contributed by atoms with Gasteiger partial charge in [-0.3, -0.25) is 0 Å². The predicted molar refractivity (Wildman–Crippen MR) is 64.5 cm³/mol. The molecule has 0 aliphatic heterocycles. The Morgan fingerprint density at radius 3 is 2.75 bits per heavy atom. The van der Waals surface area contributed by atoms with E-state index in [-0.39, 0.29) is 0 Å². The molecular weight excluding hydrogens is 202 g/mol. The fourth-order valence-electron chi connectivity index (χ4n) is 1.32. The third-order valence-corrected chi connectivity index (χ3v) is 2.26. The number of imidazole rings is 1. The average molecular weight is 217 g/mol. The molecule has 0 spiro atoms. The lowest BCUT2D eigenvalue weighted by atomic mass is 10.4. The van der Waals surface area contributed by atoms with E-state index >= 15 is 0 Å². The standard InChI is InChI=1S/C11H15N5/c1-16(2)9-3-4-10(14-7-9)15-8-11-12-5-6-13-11/h3-7H,8H2,1-2H3,(H,12,13)(H,14,15). The van der Waals surface area contributed by atoms with Crippen molar-refractivity contribution < 1.29 is 0 Å². The van der Waals surface area contributed by atoms with Crippen LogP contribution in [0.3, 0.4) is 0 Å². The first-order valence-corrected chi connectivity index (χ1v) is 5.11. The van der Waals surface area contributed by atoms with E-state index in [0.717, 1.165) is 17.3 Å². The Balaban J connectivity index is 1.95. The molecule has 0 bridgehead atoms. The van der Waals surface area contributed by atoms with E-state index in [9.17, 15) is 0 Å². The second kappa shape index (κ2) is 4.65. The van der Waals surface area contributed by atoms with Crippen molar-refractivity contribution in [2.75, 3.05) is 24.3 Å². The Morgan fingerprint density at radius 2 is 2.19 bits per heavy atom. The molecule has 0 radical (unpaired) electrons. The fourth-order valence-corrected chi connectivity index (χ4v) is 1.32. The van der Waals surface area contributed by atoms with Crippen molar-refractivity contribution in [3.05, 3.63) is 36.5 Å². The second-order valence-corrected chi connectivity index (χ2v) is 3.69. The van der Waals surface area contributed by atoms with Crippen molar-refractivity contribution in [1.29, 1.82) is 0 Å². The van der Waals surface area contributed by atoms with Crippen LogP contribution < -0.4 is 10.2 Å². The van der Waals surface area contributed by atoms with Crippen LogP contribution in [-0.4, -0.2) is 29.0 Å². The monoisotopic (exact) mass is 217 g/mol. The molecule has 84 valence electrons. The largest absolute Gasteiger partial charge is 0.376 e. The van der Waals surface area contributed by atoms with Crippen molar-refractivity contribution in [3.8, 4) is 0 Å². The van der Waals surface area contributed by atoms with Gasteiger partial charge in [-0.15, -0.1) is 0 Å². The lowest BCUT2D eigenvalue weighted by Crippen LogP contribution is -2.09. The maximum Gasteiger partial charge on any atom is 0.126 e. The van der Waals surface area contributed by atoms with Crippen LogP contribution >= 0.6 is 0 Å². The van der Waals surface area contributed by atoms with Crippen LogP contribution in [0.15, 0.2) is 30.7 Å². The highest BCUT2D eigenvalue weighted by Crippen LogP contribution is 2.12. The minimum atomic E-state index is 0.654. The smallest absolute Gasteiger partial charge is 0.126 e. The number of aromatic nitrogens is 3. The number of nitrogens with one attached hydrogen (secondary N) is 2. The highest BCUT2D eigenvalue weighted by atomic mass is 15.1. The number of anilines is 2. The summed E-state index contributed by atoms with van der Waals surface area (Å²) < 4.78 is 0. The summed E-state index contributed by atoms with van der Waals surface area (Å²) in [5.74, 6) is 1.75. The van der Waals surface area contributed by atoms with Gasteiger partial charge >= 0.3 is 0 Å². The molecule has 0 aromatic carbocycles. The van der Waals surface area contributed by atoms with Gasteiger partial charge in [-0.2, -0.15) is 0 Å². The van der Waals surface area contributed by atoms with Crippen molar-refractivity contribution in [2.45, 2.75) is 6.54 Å². The summed E-state index contributed by atoms with van der Waals surface area (Å²) in [6.45, 7) is 0.654. The maximum absolute atomic E-state index is 4.30. The van der Waals surface area contributed by atoms with Crippen molar-refractivity contribution in [1.82, 2.24) is 15.0 Å². The molecule has 0 aliphatic rings. The SMILES string of the molecule is CN(C)c1ccc(NCc2ncc[nH]2)nc1. The van der Waals surface area contributed by atoms with Crippen molar-refractivity contribution in [3.63, 3.8) is 0 Å². The zero-order chi connectivity index (χ0) is 11.4. The van der Waals surface area contributed by atoms with Crippen LogP contribution in [0.25, 0.3) is 0 Å². The summed E-state index contributed by atoms with van der Waals surface area (Å²) >= 11 is 0. The van der Waals surface area contributed by atoms with E-state index < -0.39 is 0 Å². The number of pyridine rings is 1. The highest BCUT2D eigenvalue weighted by Gasteiger charge is 1.98. The number of H-pyrrole nitrogens is 1. The Kier molecular flexibility index (Phi) is 3.05. The molecule has 2 aromatic rings. The van der Waals surface area contributed by atoms with Crippen LogP contribution in [-0.2, 0) is 6.54 Å². The van der Waals surface area contributed by atoms with Crippen LogP contribution in [0.5, 0.6) is 0 Å². The first kappa shape index (κ1) is 10.5. The van der Waals surface area contributed by atoms with Gasteiger partial charge in [0.25, 0.3) is 0 Å². The topological polar surface area (TPSA) is 56.8 Å². The molecule has 0 saturated carbocycles. The zero-order valence-electron chi connectivity index (χ0n) is 9.44. The molecule has 0 saturated heterocycles. The number of nitrogens with zero attached hydrogens (tertiary/aromatic N) is 3. The molecule has 2 heterocycles. The van der Waals surface area contributed by atoms with Gasteiger partial charge in [0.1, 0.15) is 11.6 Å². The van der Waals surface area contributed by atoms with Gasteiger partial charge in [0.05, 0.1) is 18.4 Å². The van der Waals surface area contributed by atoms with E-state index in [4.69, 9.17) is 0 Å². The quantitative estimate of drug-likeness (QED) is 0.814. The molecule has 16 heavy (non-hydrogen) atoms. The summed E-state index contributed by atoms with van der Waals surface area (Å²) in [5, 5.41) is 3.19. The molecular formula is C11H15N5. The third kappa shape index (κ3) is 2.50. The summed E-state index contributed by atoms with van der Waals surface area (Å²) in [5.41, 5.74) is 1.09. The predicted octanol–water partition coefficient (Wildman–Crippen LogP) is 1.48. The lowest BCUT2D eigenvalue weighted by Gasteiger charge is -2.12. The zero-order valence-corrected chi connectivity index (χ0v) is 9.44. The van der Waals surface area contributed by atoms with Gasteiger partial charge in [0.2, 0.25) is 0 Å². The molecule has 0 aliphatic carbocycles. The summed E-state index contributed by atoms with van der Waals surface area (Å²) in [4.78, 5) is 13.5. The van der Waals surface area contributed by atoms with Gasteiger partial charge in [-0.25, -0.2) is 9.97 Å². The van der Waals surface area contributed by atoms with Crippen molar-refractivity contribution in [2.24, 2.45) is 0 Å². The van der Waals surface area contributed by atoms with E-state index in [2.05, 4.69) is 20.3 Å². The van der Waals surface area contributed by atoms with Gasteiger partial charge in [-0.05, 0) is 12.1 Å². The van der Waals surface area contributed by atoms with Gasteiger partial charge in [0.15, 0.2) is 0 Å². The lowest BCUT2D eigenvalue weighted by molar-refractivity contribution is 0.986. The Morgan fingerprint density at radius 1 is 1.31 bits per heavy atom. The fraction of sp³-hybridized carbons (Fsp3) is 0.273. The number of rotatable bonds is 4. The average Bonchev–Trinajstić information content (AvgIpc) is 2.80. The second-order valence-electron chi connectivity index (χ2n) is 3.69. The molecule has 2 N–H and O–H groups in total. The Labute approximate surface area is 94.5 Å². The van der Waals surface area contributed by atoms with Gasteiger partial charge in [0, 0.05) is 26.5 Å². The third-order valence-electron chi connectivity index (χ3n) is 2.26. The number of hydrogen-bond acceptors (Lipinski definition) is 4. The minimum absolute atomic E-state index is 0.654. The number of aromatic amines is 1. The molecule has 5 heteroatoms. The van der Waals surface area contributed by atoms with Crippen LogP contribution in [0, 0.1) is 0 Å². The van der Waals surface area contributed by atoms with Crippen LogP contribution in [0.1, 0.15) is 5.82 Å². The first-order chi connectivity index (χ1) is 7.75. The normalized spacial score (nSPS) is 10.1. The summed E-state index contributed by atoms with van der Waals surface area (Å²) in [7, 11) is 3.99. The van der Waals surface area contributed by atoms with Crippen LogP contribution in [0.4, 0.5) is 11.5 Å². The maximum atomic E-state index is 4.30. The van der Waals surface area contributed by atoms with E-state index in [1.165, 1.54) is 0 Å². The van der Waals surface area contributed by atoms with Crippen LogP contribution in [0.2, 0.25) is 0 Å². The number of hydrogen-bond donors (Lipinski definition) is 2. The molecule has 2 rings (SSSR count). The van der Waals surface area contributed by atoms with Crippen molar-refractivity contribution >= 4 is 11.5 Å². The van der Waals surface area contributed by atoms with Gasteiger partial charge in [-0.1, -0.05) is 0 Å². The summed E-state index contributed by atoms with van der Waals surface area (Å²) in [6.07, 6.45) is 5.38. The van der Waals surface area contributed by atoms with E-state index in [0.29, 0.717) is 6.54 Å². The van der Waals surface area contributed by atoms with Gasteiger partial charge < -0.3 is 15.2 Å². The van der Waals surface area contributed by atoms with E-state index in [1.807, 2.05) is 37.3 Å². The minimum Gasteiger partial charge on any atom is -0.376 e. The molecule has 5 nitrogen and oxygen atoms in total. The highest BCUT2D eigenvalue weighted by molar-refractivity contribution is 5.48. The van der Waals surface area contributed by atoms with E-state index in [1.54, 1.807) is 12.4 Å². The Hall–Kier alpha value is -2.04. The molecule has 0 amide bonds. The Bertz CT molecular complexity index is 418. The molecule has 0 unspecified atom stereocenters. The first-order valence-electron chi connectivity index (χ1n) is 5.11.